The fourth-order valence-electron chi connectivity index (χ4n) is 5.00. The second-order valence-corrected chi connectivity index (χ2v) is 8.63. The van der Waals surface area contributed by atoms with Gasteiger partial charge in [0.15, 0.2) is 0 Å². The first-order valence-electron chi connectivity index (χ1n) is 10.4. The van der Waals surface area contributed by atoms with Gasteiger partial charge in [0.05, 0.1) is 24.8 Å². The highest BCUT2D eigenvalue weighted by Gasteiger charge is 2.50. The maximum Gasteiger partial charge on any atom is 0.337 e. The predicted octanol–water partition coefficient (Wildman–Crippen LogP) is 3.77. The van der Waals surface area contributed by atoms with Crippen LogP contribution >= 0.6 is 0 Å². The van der Waals surface area contributed by atoms with Crippen molar-refractivity contribution in [3.63, 3.8) is 0 Å². The minimum absolute atomic E-state index is 0.0184. The van der Waals surface area contributed by atoms with Gasteiger partial charge in [-0.1, -0.05) is 36.4 Å². The summed E-state index contributed by atoms with van der Waals surface area (Å²) in [6, 6.07) is 17.6. The van der Waals surface area contributed by atoms with E-state index in [9.17, 15) is 9.59 Å². The largest absolute Gasteiger partial charge is 0.465 e. The van der Waals surface area contributed by atoms with Crippen LogP contribution < -0.4 is 10.2 Å². The quantitative estimate of drug-likeness (QED) is 0.784. The van der Waals surface area contributed by atoms with Gasteiger partial charge in [0.2, 0.25) is 0 Å². The van der Waals surface area contributed by atoms with Gasteiger partial charge >= 0.3 is 12.0 Å². The second-order valence-electron chi connectivity index (χ2n) is 8.63. The number of urea groups is 1. The van der Waals surface area contributed by atoms with E-state index < -0.39 is 5.97 Å². The van der Waals surface area contributed by atoms with E-state index in [2.05, 4.69) is 54.6 Å². The molecule has 1 aliphatic heterocycles. The molecule has 0 radical (unpaired) electrons. The molecule has 1 saturated heterocycles. The molecule has 0 unspecified atom stereocenters. The molecule has 0 aromatic heterocycles. The SMILES string of the molecule is COC(=O)c1cccc(N2C[C@]3(CC[C@](c4ccccc4)(N(C)C)CC3)NC2=O)c1. The number of hydrogen-bond acceptors (Lipinski definition) is 4. The lowest BCUT2D eigenvalue weighted by molar-refractivity contribution is 0.0600. The van der Waals surface area contributed by atoms with Gasteiger partial charge in [-0.15, -0.1) is 0 Å². The Labute approximate surface area is 177 Å². The molecular formula is C24H29N3O3. The van der Waals surface area contributed by atoms with Gasteiger partial charge in [-0.2, -0.15) is 0 Å². The highest BCUT2D eigenvalue weighted by Crippen LogP contribution is 2.46. The monoisotopic (exact) mass is 407 g/mol. The molecule has 2 aliphatic rings. The summed E-state index contributed by atoms with van der Waals surface area (Å²) in [5.74, 6) is -0.400. The summed E-state index contributed by atoms with van der Waals surface area (Å²) in [5, 5.41) is 3.26. The van der Waals surface area contributed by atoms with Crippen LogP contribution in [0, 0.1) is 0 Å². The standard InChI is InChI=1S/C24H29N3O3/c1-26(2)24(19-9-5-4-6-10-19)14-12-23(13-15-24)17-27(22(29)25-23)20-11-7-8-18(16-20)21(28)30-3/h4-11,16H,12-15,17H2,1-3H3,(H,25,29)/t23-,24+. The van der Waals surface area contributed by atoms with Crippen LogP contribution in [0.2, 0.25) is 0 Å². The van der Waals surface area contributed by atoms with Crippen LogP contribution in [-0.2, 0) is 10.3 Å². The van der Waals surface area contributed by atoms with Crippen LogP contribution in [0.15, 0.2) is 54.6 Å². The molecule has 158 valence electrons. The van der Waals surface area contributed by atoms with E-state index in [4.69, 9.17) is 4.74 Å². The summed E-state index contributed by atoms with van der Waals surface area (Å²) in [5.41, 5.74) is 2.24. The van der Waals surface area contributed by atoms with Crippen LogP contribution in [0.4, 0.5) is 10.5 Å². The zero-order valence-corrected chi connectivity index (χ0v) is 17.9. The van der Waals surface area contributed by atoms with E-state index in [-0.39, 0.29) is 17.1 Å². The molecule has 1 aliphatic carbocycles. The number of anilines is 1. The molecule has 1 saturated carbocycles. The second kappa shape index (κ2) is 7.76. The Morgan fingerprint density at radius 1 is 1.03 bits per heavy atom. The van der Waals surface area contributed by atoms with Crippen LogP contribution in [0.1, 0.15) is 41.6 Å². The van der Waals surface area contributed by atoms with E-state index in [1.165, 1.54) is 12.7 Å². The van der Waals surface area contributed by atoms with Gasteiger partial charge in [0.25, 0.3) is 0 Å². The summed E-state index contributed by atoms with van der Waals surface area (Å²) < 4.78 is 4.82. The van der Waals surface area contributed by atoms with Gasteiger partial charge in [0, 0.05) is 11.2 Å². The Bertz CT molecular complexity index is 934. The molecule has 0 atom stereocenters. The maximum atomic E-state index is 12.9. The van der Waals surface area contributed by atoms with E-state index in [1.807, 2.05) is 6.07 Å². The molecule has 0 bridgehead atoms. The molecule has 2 fully saturated rings. The average molecular weight is 408 g/mol. The normalized spacial score (nSPS) is 26.1. The Morgan fingerprint density at radius 3 is 2.37 bits per heavy atom. The third-order valence-electron chi connectivity index (χ3n) is 6.86. The number of carbonyl (C=O) groups excluding carboxylic acids is 2. The van der Waals surface area contributed by atoms with Crippen molar-refractivity contribution in [2.75, 3.05) is 32.6 Å². The van der Waals surface area contributed by atoms with E-state index in [0.29, 0.717) is 12.1 Å². The molecule has 1 spiro atoms. The summed E-state index contributed by atoms with van der Waals surface area (Å²) in [6.07, 6.45) is 3.75. The number of ether oxygens (including phenoxy) is 1. The Hall–Kier alpha value is -2.86. The van der Waals surface area contributed by atoms with Gasteiger partial charge in [-0.25, -0.2) is 9.59 Å². The third kappa shape index (κ3) is 3.45. The van der Waals surface area contributed by atoms with E-state index >= 15 is 0 Å². The summed E-state index contributed by atoms with van der Waals surface area (Å²) in [4.78, 5) is 28.8. The number of nitrogens with one attached hydrogen (secondary N) is 1. The first-order valence-corrected chi connectivity index (χ1v) is 10.4. The zero-order valence-electron chi connectivity index (χ0n) is 17.9. The van der Waals surface area contributed by atoms with Crippen molar-refractivity contribution in [2.45, 2.75) is 36.8 Å². The number of esters is 1. The fourth-order valence-corrected chi connectivity index (χ4v) is 5.00. The third-order valence-corrected chi connectivity index (χ3v) is 6.86. The minimum Gasteiger partial charge on any atom is -0.465 e. The highest BCUT2D eigenvalue weighted by molar-refractivity contribution is 5.97. The van der Waals surface area contributed by atoms with Crippen LogP contribution in [0.3, 0.4) is 0 Å². The van der Waals surface area contributed by atoms with Gasteiger partial charge in [-0.3, -0.25) is 9.80 Å². The van der Waals surface area contributed by atoms with E-state index in [0.717, 1.165) is 31.4 Å². The predicted molar refractivity (Wildman–Crippen MR) is 117 cm³/mol. The van der Waals surface area contributed by atoms with Gasteiger partial charge in [0.1, 0.15) is 0 Å². The van der Waals surface area contributed by atoms with Crippen molar-refractivity contribution in [1.82, 2.24) is 10.2 Å². The number of methoxy groups -OCH3 is 1. The molecule has 4 rings (SSSR count). The molecule has 1 N–H and O–H groups in total. The highest BCUT2D eigenvalue weighted by atomic mass is 16.5. The lowest BCUT2D eigenvalue weighted by Gasteiger charge is -2.48. The van der Waals surface area contributed by atoms with Gasteiger partial charge < -0.3 is 10.1 Å². The first kappa shape index (κ1) is 20.4. The summed E-state index contributed by atoms with van der Waals surface area (Å²) >= 11 is 0. The van der Waals surface area contributed by atoms with Crippen molar-refractivity contribution in [3.05, 3.63) is 65.7 Å². The molecule has 6 nitrogen and oxygen atoms in total. The van der Waals surface area contributed by atoms with Crippen LogP contribution in [0.5, 0.6) is 0 Å². The lowest BCUT2D eigenvalue weighted by Crippen LogP contribution is -2.54. The Kier molecular flexibility index (Phi) is 5.28. The average Bonchev–Trinajstić information content (AvgIpc) is 3.10. The van der Waals surface area contributed by atoms with E-state index in [1.54, 1.807) is 23.1 Å². The zero-order chi connectivity index (χ0) is 21.4. The lowest BCUT2D eigenvalue weighted by atomic mass is 9.69. The molecule has 2 amide bonds. The number of nitrogens with zero attached hydrogens (tertiary/aromatic N) is 2. The first-order chi connectivity index (χ1) is 14.4. The topological polar surface area (TPSA) is 61.9 Å². The Morgan fingerprint density at radius 2 is 1.73 bits per heavy atom. The number of amides is 2. The van der Waals surface area contributed by atoms with Crippen molar-refractivity contribution >= 4 is 17.7 Å². The molecule has 30 heavy (non-hydrogen) atoms. The fraction of sp³-hybridized carbons (Fsp3) is 0.417. The molecule has 6 heteroatoms. The van der Waals surface area contributed by atoms with Crippen molar-refractivity contribution in [2.24, 2.45) is 0 Å². The number of hydrogen-bond donors (Lipinski definition) is 1. The smallest absolute Gasteiger partial charge is 0.337 e. The molecule has 1 heterocycles. The number of carbonyl (C=O) groups is 2. The molecule has 2 aromatic carbocycles. The Balaban J connectivity index is 1.54. The molecule has 2 aromatic rings. The van der Waals surface area contributed by atoms with Crippen LogP contribution in [0.25, 0.3) is 0 Å². The van der Waals surface area contributed by atoms with Crippen molar-refractivity contribution < 1.29 is 14.3 Å². The van der Waals surface area contributed by atoms with Crippen molar-refractivity contribution in [1.29, 1.82) is 0 Å². The molecular weight excluding hydrogens is 378 g/mol. The van der Waals surface area contributed by atoms with Gasteiger partial charge in [-0.05, 0) is 63.5 Å². The number of rotatable bonds is 4. The minimum atomic E-state index is -0.400. The van der Waals surface area contributed by atoms with Crippen molar-refractivity contribution in [3.8, 4) is 0 Å². The summed E-state index contributed by atoms with van der Waals surface area (Å²) in [6.45, 7) is 0.606. The number of benzene rings is 2. The van der Waals surface area contributed by atoms with Crippen LogP contribution in [-0.4, -0.2) is 50.2 Å². The summed E-state index contributed by atoms with van der Waals surface area (Å²) in [7, 11) is 5.64. The maximum absolute atomic E-state index is 12.9.